The van der Waals surface area contributed by atoms with Crippen LogP contribution in [0.5, 0.6) is 0 Å². The number of hydrogen-bond acceptors (Lipinski definition) is 4. The van der Waals surface area contributed by atoms with Gasteiger partial charge in [-0.25, -0.2) is 0 Å². The van der Waals surface area contributed by atoms with Gasteiger partial charge in [-0.15, -0.1) is 0 Å². The van der Waals surface area contributed by atoms with E-state index in [2.05, 4.69) is 0 Å². The van der Waals surface area contributed by atoms with Crippen molar-refractivity contribution in [1.29, 1.82) is 0 Å². The van der Waals surface area contributed by atoms with E-state index in [4.69, 9.17) is 11.5 Å². The Labute approximate surface area is 73.3 Å². The lowest BCUT2D eigenvalue weighted by Crippen LogP contribution is -2.23. The van der Waals surface area contributed by atoms with Crippen molar-refractivity contribution in [2.75, 3.05) is 0 Å². The van der Waals surface area contributed by atoms with E-state index in [0.29, 0.717) is 0 Å². The van der Waals surface area contributed by atoms with E-state index in [1.807, 2.05) is 0 Å². The van der Waals surface area contributed by atoms with Gasteiger partial charge in [0.05, 0.1) is 12.1 Å². The SMILES string of the molecule is CC(=O)[C@@H](C)N.CC(=O)[C@H](C)N. The van der Waals surface area contributed by atoms with E-state index in [1.165, 1.54) is 13.8 Å². The van der Waals surface area contributed by atoms with E-state index in [9.17, 15) is 9.59 Å². The molecule has 72 valence electrons. The van der Waals surface area contributed by atoms with Crippen molar-refractivity contribution < 1.29 is 9.59 Å². The number of carbonyl (C=O) groups is 2. The molecule has 0 aliphatic carbocycles. The van der Waals surface area contributed by atoms with E-state index in [1.54, 1.807) is 13.8 Å². The van der Waals surface area contributed by atoms with Crippen LogP contribution in [0.3, 0.4) is 0 Å². The maximum absolute atomic E-state index is 10.0. The van der Waals surface area contributed by atoms with Crippen molar-refractivity contribution in [3.05, 3.63) is 0 Å². The van der Waals surface area contributed by atoms with Crippen LogP contribution in [-0.4, -0.2) is 23.7 Å². The minimum Gasteiger partial charge on any atom is -0.322 e. The molecule has 0 aromatic heterocycles. The lowest BCUT2D eigenvalue weighted by molar-refractivity contribution is -0.118. The van der Waals surface area contributed by atoms with Crippen molar-refractivity contribution in [3.8, 4) is 0 Å². The molecule has 0 spiro atoms. The summed E-state index contributed by atoms with van der Waals surface area (Å²) in [5, 5.41) is 0. The molecule has 0 radical (unpaired) electrons. The molecule has 4 nitrogen and oxygen atoms in total. The standard InChI is InChI=1S/2C4H9NO/c2*1-3(5)4(2)6/h2*3H,5H2,1-2H3/t2*3-/m10/s1. The van der Waals surface area contributed by atoms with Crippen LogP contribution in [0.1, 0.15) is 27.7 Å². The molecule has 2 atom stereocenters. The van der Waals surface area contributed by atoms with Gasteiger partial charge in [0, 0.05) is 0 Å². The molecule has 4 heteroatoms. The molecule has 4 N–H and O–H groups in total. The Bertz CT molecular complexity index is 135. The van der Waals surface area contributed by atoms with Gasteiger partial charge in [0.2, 0.25) is 0 Å². The zero-order valence-electron chi connectivity index (χ0n) is 8.13. The Kier molecular flexibility index (Phi) is 7.99. The summed E-state index contributed by atoms with van der Waals surface area (Å²) in [6.07, 6.45) is 0. The molecular formula is C8H18N2O2. The lowest BCUT2D eigenvalue weighted by Gasteiger charge is -1.91. The van der Waals surface area contributed by atoms with Crippen LogP contribution in [-0.2, 0) is 9.59 Å². The minimum absolute atomic E-state index is 0.0370. The molecule has 0 fully saturated rings. The zero-order valence-corrected chi connectivity index (χ0v) is 8.13. The smallest absolute Gasteiger partial charge is 0.146 e. The van der Waals surface area contributed by atoms with Gasteiger partial charge in [-0.3, -0.25) is 9.59 Å². The van der Waals surface area contributed by atoms with Crippen LogP contribution in [0.4, 0.5) is 0 Å². The van der Waals surface area contributed by atoms with E-state index in [-0.39, 0.29) is 23.7 Å². The Morgan fingerprint density at radius 3 is 1.00 bits per heavy atom. The summed E-state index contributed by atoms with van der Waals surface area (Å²) in [4.78, 5) is 20.0. The van der Waals surface area contributed by atoms with Crippen molar-refractivity contribution >= 4 is 11.6 Å². The molecule has 0 aromatic rings. The van der Waals surface area contributed by atoms with Crippen LogP contribution in [0.15, 0.2) is 0 Å². The van der Waals surface area contributed by atoms with Gasteiger partial charge in [0.25, 0.3) is 0 Å². The Balaban J connectivity index is 0. The van der Waals surface area contributed by atoms with Crippen LogP contribution >= 0.6 is 0 Å². The highest BCUT2D eigenvalue weighted by molar-refractivity contribution is 5.80. The topological polar surface area (TPSA) is 86.2 Å². The molecule has 0 aliphatic rings. The number of rotatable bonds is 2. The fourth-order valence-corrected chi connectivity index (χ4v) is 0. The quantitative estimate of drug-likeness (QED) is 0.609. The van der Waals surface area contributed by atoms with E-state index < -0.39 is 0 Å². The van der Waals surface area contributed by atoms with E-state index in [0.717, 1.165) is 0 Å². The van der Waals surface area contributed by atoms with Gasteiger partial charge in [0.15, 0.2) is 0 Å². The summed E-state index contributed by atoms with van der Waals surface area (Å²) >= 11 is 0. The van der Waals surface area contributed by atoms with Gasteiger partial charge in [-0.1, -0.05) is 0 Å². The summed E-state index contributed by atoms with van der Waals surface area (Å²) in [5.41, 5.74) is 10.2. The maximum Gasteiger partial charge on any atom is 0.146 e. The summed E-state index contributed by atoms with van der Waals surface area (Å²) in [7, 11) is 0. The molecule has 0 bridgehead atoms. The fourth-order valence-electron chi connectivity index (χ4n) is 0. The second kappa shape index (κ2) is 6.94. The first-order valence-electron chi connectivity index (χ1n) is 3.81. The van der Waals surface area contributed by atoms with Gasteiger partial charge < -0.3 is 11.5 Å². The normalized spacial score (nSPS) is 13.8. The highest BCUT2D eigenvalue weighted by atomic mass is 16.1. The molecule has 0 saturated heterocycles. The summed E-state index contributed by atoms with van der Waals surface area (Å²) < 4.78 is 0. The number of Topliss-reactive ketones (excluding diaryl/α,β-unsaturated/α-hetero) is 2. The minimum atomic E-state index is -0.287. The van der Waals surface area contributed by atoms with Crippen LogP contribution in [0, 0.1) is 0 Å². The van der Waals surface area contributed by atoms with Gasteiger partial charge in [-0.2, -0.15) is 0 Å². The Hall–Kier alpha value is -0.740. The average molecular weight is 174 g/mol. The highest BCUT2D eigenvalue weighted by Gasteiger charge is 1.95. The number of hydrogen-bond donors (Lipinski definition) is 2. The third-order valence-electron chi connectivity index (χ3n) is 1.28. The van der Waals surface area contributed by atoms with Crippen LogP contribution in [0.2, 0.25) is 0 Å². The second-order valence-electron chi connectivity index (χ2n) is 2.80. The third kappa shape index (κ3) is 12.0. The predicted molar refractivity (Wildman–Crippen MR) is 48.7 cm³/mol. The first-order chi connectivity index (χ1) is 5.29. The summed E-state index contributed by atoms with van der Waals surface area (Å²) in [6, 6.07) is -0.574. The first-order valence-corrected chi connectivity index (χ1v) is 3.81. The highest BCUT2D eigenvalue weighted by Crippen LogP contribution is 1.72. The Morgan fingerprint density at radius 2 is 1.00 bits per heavy atom. The lowest BCUT2D eigenvalue weighted by atomic mass is 10.3. The monoisotopic (exact) mass is 174 g/mol. The molecule has 0 rings (SSSR count). The van der Waals surface area contributed by atoms with Gasteiger partial charge in [0.1, 0.15) is 11.6 Å². The first kappa shape index (κ1) is 13.8. The van der Waals surface area contributed by atoms with E-state index >= 15 is 0 Å². The number of nitrogens with two attached hydrogens (primary N) is 2. The van der Waals surface area contributed by atoms with Crippen molar-refractivity contribution in [1.82, 2.24) is 0 Å². The summed E-state index contributed by atoms with van der Waals surface area (Å²) in [5.74, 6) is 0.0741. The Morgan fingerprint density at radius 1 is 0.917 bits per heavy atom. The molecule has 0 saturated carbocycles. The van der Waals surface area contributed by atoms with Crippen LogP contribution in [0.25, 0.3) is 0 Å². The number of ketones is 2. The molecule has 0 amide bonds. The zero-order chi connectivity index (χ0) is 10.3. The molecule has 0 aromatic carbocycles. The summed E-state index contributed by atoms with van der Waals surface area (Å²) in [6.45, 7) is 6.29. The second-order valence-corrected chi connectivity index (χ2v) is 2.80. The molecular weight excluding hydrogens is 156 g/mol. The fraction of sp³-hybridized carbons (Fsp3) is 0.750. The molecule has 0 aliphatic heterocycles. The molecule has 0 unspecified atom stereocenters. The van der Waals surface area contributed by atoms with Gasteiger partial charge in [-0.05, 0) is 27.7 Å². The average Bonchev–Trinajstić information content (AvgIpc) is 1.88. The molecule has 12 heavy (non-hydrogen) atoms. The predicted octanol–water partition coefficient (Wildman–Crippen LogP) is -0.155. The largest absolute Gasteiger partial charge is 0.322 e. The number of carbonyl (C=O) groups excluding carboxylic acids is 2. The third-order valence-corrected chi connectivity index (χ3v) is 1.28. The van der Waals surface area contributed by atoms with Crippen molar-refractivity contribution in [2.45, 2.75) is 39.8 Å². The van der Waals surface area contributed by atoms with Crippen LogP contribution < -0.4 is 11.5 Å². The van der Waals surface area contributed by atoms with Crippen molar-refractivity contribution in [3.63, 3.8) is 0 Å². The van der Waals surface area contributed by atoms with Crippen molar-refractivity contribution in [2.24, 2.45) is 11.5 Å². The maximum atomic E-state index is 10.0. The molecule has 0 heterocycles. The van der Waals surface area contributed by atoms with Gasteiger partial charge >= 0.3 is 0 Å².